The molecule has 98 valence electrons. The lowest BCUT2D eigenvalue weighted by Crippen LogP contribution is -2.59. The molecule has 1 saturated heterocycles. The number of nitrogens with one attached hydrogen (secondary N) is 1. The highest BCUT2D eigenvalue weighted by atomic mass is 16.5. The van der Waals surface area contributed by atoms with Crippen molar-refractivity contribution in [2.24, 2.45) is 5.41 Å². The Morgan fingerprint density at radius 1 is 1.39 bits per heavy atom. The Labute approximate surface area is 103 Å². The summed E-state index contributed by atoms with van der Waals surface area (Å²) in [6, 6.07) is -0.758. The number of urea groups is 1. The van der Waals surface area contributed by atoms with E-state index in [0.717, 1.165) is 4.90 Å². The van der Waals surface area contributed by atoms with Gasteiger partial charge in [-0.2, -0.15) is 0 Å². The number of rotatable bonds is 4. The van der Waals surface area contributed by atoms with E-state index in [2.05, 4.69) is 5.32 Å². The standard InChI is InChI=1S/C11H14N2O5/c1-2-18-7(14)3-6-13-9(16)11(4-5-11)8(15)12-10(13)17/h2-6H2,1H3,(H,12,15,17). The van der Waals surface area contributed by atoms with E-state index in [0.29, 0.717) is 12.8 Å². The van der Waals surface area contributed by atoms with Gasteiger partial charge in [0.1, 0.15) is 5.41 Å². The maximum Gasteiger partial charge on any atom is 0.330 e. The average molecular weight is 254 g/mol. The van der Waals surface area contributed by atoms with E-state index in [-0.39, 0.29) is 19.6 Å². The van der Waals surface area contributed by atoms with Crippen LogP contribution in [0.3, 0.4) is 0 Å². The highest BCUT2D eigenvalue weighted by Gasteiger charge is 2.62. The van der Waals surface area contributed by atoms with Gasteiger partial charge < -0.3 is 4.74 Å². The van der Waals surface area contributed by atoms with Crippen molar-refractivity contribution in [3.63, 3.8) is 0 Å². The molecule has 7 nitrogen and oxygen atoms in total. The van der Waals surface area contributed by atoms with Crippen molar-refractivity contribution in [2.45, 2.75) is 26.2 Å². The number of carbonyl (C=O) groups excluding carboxylic acids is 4. The Balaban J connectivity index is 1.99. The lowest BCUT2D eigenvalue weighted by atomic mass is 10.0. The molecule has 0 unspecified atom stereocenters. The first kappa shape index (κ1) is 12.5. The predicted molar refractivity (Wildman–Crippen MR) is 58.2 cm³/mol. The molecule has 1 heterocycles. The topological polar surface area (TPSA) is 92.8 Å². The zero-order valence-electron chi connectivity index (χ0n) is 10.0. The minimum absolute atomic E-state index is 0.0570. The minimum Gasteiger partial charge on any atom is -0.466 e. The minimum atomic E-state index is -1.05. The van der Waals surface area contributed by atoms with Crippen molar-refractivity contribution in [3.8, 4) is 0 Å². The fourth-order valence-corrected chi connectivity index (χ4v) is 1.94. The summed E-state index contributed by atoms with van der Waals surface area (Å²) in [4.78, 5) is 47.1. The fraction of sp³-hybridized carbons (Fsp3) is 0.636. The number of imide groups is 2. The second-order valence-electron chi connectivity index (χ2n) is 4.35. The summed E-state index contributed by atoms with van der Waals surface area (Å²) < 4.78 is 4.72. The third-order valence-electron chi connectivity index (χ3n) is 3.15. The van der Waals surface area contributed by atoms with E-state index < -0.39 is 29.2 Å². The second kappa shape index (κ2) is 4.40. The van der Waals surface area contributed by atoms with Gasteiger partial charge >= 0.3 is 12.0 Å². The van der Waals surface area contributed by atoms with E-state index in [1.807, 2.05) is 0 Å². The Kier molecular flexibility index (Phi) is 3.06. The van der Waals surface area contributed by atoms with Crippen LogP contribution in [0.4, 0.5) is 4.79 Å². The molecule has 2 rings (SSSR count). The van der Waals surface area contributed by atoms with Crippen LogP contribution in [0.2, 0.25) is 0 Å². The van der Waals surface area contributed by atoms with Crippen LogP contribution in [0.25, 0.3) is 0 Å². The van der Waals surface area contributed by atoms with Crippen LogP contribution in [0, 0.1) is 5.41 Å². The number of barbiturate groups is 1. The van der Waals surface area contributed by atoms with Gasteiger partial charge in [-0.15, -0.1) is 0 Å². The molecule has 2 aliphatic rings. The molecule has 1 aliphatic heterocycles. The SMILES string of the molecule is CCOC(=O)CCN1C(=O)NC(=O)C2(CC2)C1=O. The van der Waals surface area contributed by atoms with Crippen molar-refractivity contribution in [3.05, 3.63) is 0 Å². The van der Waals surface area contributed by atoms with E-state index in [9.17, 15) is 19.2 Å². The van der Waals surface area contributed by atoms with E-state index >= 15 is 0 Å². The quantitative estimate of drug-likeness (QED) is 0.554. The molecule has 0 bridgehead atoms. The molecule has 0 aromatic rings. The van der Waals surface area contributed by atoms with Gasteiger partial charge in [0.2, 0.25) is 11.8 Å². The number of ether oxygens (including phenoxy) is 1. The fourth-order valence-electron chi connectivity index (χ4n) is 1.94. The summed E-state index contributed by atoms with van der Waals surface area (Å²) in [5, 5.41) is 2.14. The number of carbonyl (C=O) groups is 4. The first-order valence-electron chi connectivity index (χ1n) is 5.84. The molecular weight excluding hydrogens is 240 g/mol. The molecule has 18 heavy (non-hydrogen) atoms. The second-order valence-corrected chi connectivity index (χ2v) is 4.35. The monoisotopic (exact) mass is 254 g/mol. The summed E-state index contributed by atoms with van der Waals surface area (Å²) in [6.45, 7) is 1.87. The highest BCUT2D eigenvalue weighted by Crippen LogP contribution is 2.48. The zero-order valence-corrected chi connectivity index (χ0v) is 10.0. The summed E-state index contributed by atoms with van der Waals surface area (Å²) in [5.74, 6) is -1.50. The van der Waals surface area contributed by atoms with Gasteiger partial charge in [0.05, 0.1) is 13.0 Å². The molecule has 1 spiro atoms. The lowest BCUT2D eigenvalue weighted by molar-refractivity contribution is -0.146. The third kappa shape index (κ3) is 1.96. The maximum atomic E-state index is 12.0. The molecule has 0 aromatic heterocycles. The molecular formula is C11H14N2O5. The van der Waals surface area contributed by atoms with Crippen molar-refractivity contribution in [2.75, 3.05) is 13.2 Å². The van der Waals surface area contributed by atoms with Gasteiger partial charge in [0, 0.05) is 6.54 Å². The Bertz CT molecular complexity index is 427. The van der Waals surface area contributed by atoms with Gasteiger partial charge in [-0.3, -0.25) is 24.6 Å². The van der Waals surface area contributed by atoms with E-state index in [4.69, 9.17) is 4.74 Å². The Hall–Kier alpha value is -1.92. The first-order valence-corrected chi connectivity index (χ1v) is 5.84. The number of hydrogen-bond acceptors (Lipinski definition) is 5. The van der Waals surface area contributed by atoms with Gasteiger partial charge in [-0.05, 0) is 19.8 Å². The predicted octanol–water partition coefficient (Wildman–Crippen LogP) is -0.202. The van der Waals surface area contributed by atoms with Crippen LogP contribution >= 0.6 is 0 Å². The number of amides is 4. The summed E-state index contributed by atoms with van der Waals surface area (Å²) in [5.41, 5.74) is -1.05. The summed E-state index contributed by atoms with van der Waals surface area (Å²) in [7, 11) is 0. The van der Waals surface area contributed by atoms with Crippen molar-refractivity contribution in [1.29, 1.82) is 0 Å². The molecule has 1 N–H and O–H groups in total. The van der Waals surface area contributed by atoms with Crippen molar-refractivity contribution < 1.29 is 23.9 Å². The van der Waals surface area contributed by atoms with Crippen LogP contribution < -0.4 is 5.32 Å². The molecule has 0 radical (unpaired) electrons. The largest absolute Gasteiger partial charge is 0.466 e. The van der Waals surface area contributed by atoms with Crippen LogP contribution in [0.15, 0.2) is 0 Å². The van der Waals surface area contributed by atoms with Crippen LogP contribution in [-0.2, 0) is 19.1 Å². The summed E-state index contributed by atoms with van der Waals surface area (Å²) >= 11 is 0. The van der Waals surface area contributed by atoms with Crippen LogP contribution in [0.1, 0.15) is 26.2 Å². The summed E-state index contributed by atoms with van der Waals surface area (Å²) in [6.07, 6.45) is 0.860. The van der Waals surface area contributed by atoms with Gasteiger partial charge in [-0.25, -0.2) is 4.79 Å². The van der Waals surface area contributed by atoms with Gasteiger partial charge in [0.15, 0.2) is 0 Å². The molecule has 7 heteroatoms. The van der Waals surface area contributed by atoms with Crippen LogP contribution in [-0.4, -0.2) is 41.9 Å². The molecule has 1 aliphatic carbocycles. The molecule has 0 aromatic carbocycles. The zero-order chi connectivity index (χ0) is 13.3. The Morgan fingerprint density at radius 3 is 2.61 bits per heavy atom. The van der Waals surface area contributed by atoms with E-state index in [1.165, 1.54) is 0 Å². The maximum absolute atomic E-state index is 12.0. The number of nitrogens with zero attached hydrogens (tertiary/aromatic N) is 1. The average Bonchev–Trinajstić information content (AvgIpc) is 3.08. The number of hydrogen-bond donors (Lipinski definition) is 1. The highest BCUT2D eigenvalue weighted by molar-refractivity contribution is 6.20. The van der Waals surface area contributed by atoms with Crippen molar-refractivity contribution >= 4 is 23.8 Å². The molecule has 0 atom stereocenters. The van der Waals surface area contributed by atoms with Gasteiger partial charge in [-0.1, -0.05) is 0 Å². The molecule has 4 amide bonds. The molecule has 2 fully saturated rings. The lowest BCUT2D eigenvalue weighted by Gasteiger charge is -2.29. The normalized spacial score (nSPS) is 20.9. The smallest absolute Gasteiger partial charge is 0.330 e. The van der Waals surface area contributed by atoms with E-state index in [1.54, 1.807) is 6.92 Å². The van der Waals surface area contributed by atoms with Crippen LogP contribution in [0.5, 0.6) is 0 Å². The van der Waals surface area contributed by atoms with Crippen molar-refractivity contribution in [1.82, 2.24) is 10.2 Å². The van der Waals surface area contributed by atoms with Gasteiger partial charge in [0.25, 0.3) is 0 Å². The first-order chi connectivity index (χ1) is 8.51. The third-order valence-corrected chi connectivity index (χ3v) is 3.15. The number of esters is 1. The Morgan fingerprint density at radius 2 is 2.06 bits per heavy atom. The molecule has 1 saturated carbocycles.